The van der Waals surface area contributed by atoms with Crippen molar-refractivity contribution in [3.8, 4) is 0 Å². The summed E-state index contributed by atoms with van der Waals surface area (Å²) in [6.07, 6.45) is 8.35. The highest BCUT2D eigenvalue weighted by Gasteiger charge is 2.31. The first kappa shape index (κ1) is 36.2. The van der Waals surface area contributed by atoms with Crippen LogP contribution in [0.3, 0.4) is 0 Å². The molecule has 48 heavy (non-hydrogen) atoms. The lowest BCUT2D eigenvalue weighted by Crippen LogP contribution is -2.51. The van der Waals surface area contributed by atoms with Crippen LogP contribution in [-0.4, -0.2) is 128 Å². The van der Waals surface area contributed by atoms with E-state index >= 15 is 0 Å². The number of sulfonamides is 1. The molecule has 1 aromatic carbocycles. The molecule has 2 aromatic rings. The second kappa shape index (κ2) is 18.1. The van der Waals surface area contributed by atoms with Gasteiger partial charge >= 0.3 is 0 Å². The lowest BCUT2D eigenvalue weighted by molar-refractivity contribution is -0.127. The Morgan fingerprint density at radius 1 is 1.00 bits per heavy atom. The molecule has 2 saturated heterocycles. The van der Waals surface area contributed by atoms with Crippen molar-refractivity contribution in [3.05, 3.63) is 42.5 Å². The number of rotatable bonds is 16. The third-order valence-electron chi connectivity index (χ3n) is 9.45. The molecule has 1 aliphatic carbocycles. The largest absolute Gasteiger partial charge is 0.390 e. The smallest absolute Gasteiger partial charge is 0.243 e. The highest BCUT2D eigenvalue weighted by molar-refractivity contribution is 7.89. The van der Waals surface area contributed by atoms with Gasteiger partial charge in [-0.25, -0.2) is 13.4 Å². The summed E-state index contributed by atoms with van der Waals surface area (Å²) < 4.78 is 38.3. The van der Waals surface area contributed by atoms with Crippen LogP contribution in [0.2, 0.25) is 0 Å². The molecule has 2 amide bonds. The quantitative estimate of drug-likeness (QED) is 0.172. The molecule has 1 aromatic heterocycles. The predicted molar refractivity (Wildman–Crippen MR) is 180 cm³/mol. The zero-order valence-electron chi connectivity index (χ0n) is 27.6. The van der Waals surface area contributed by atoms with Crippen LogP contribution >= 0.6 is 0 Å². The van der Waals surface area contributed by atoms with Crippen LogP contribution in [0.25, 0.3) is 0 Å². The van der Waals surface area contributed by atoms with Crippen LogP contribution < -0.4 is 16.0 Å². The van der Waals surface area contributed by atoms with Crippen LogP contribution in [0.15, 0.2) is 41.7 Å². The van der Waals surface area contributed by atoms with Crippen LogP contribution in [-0.2, 0) is 35.5 Å². The SMILES string of the molecule is O=C(C[C@H](O)[C@H](CC1CCCCC1)NC(=O)[C@H](Cc1cnc[nH]1)Nc1ccc(S(=O)(=O)N2CCOCC2)cc1)NCCN1CCOCC1. The van der Waals surface area contributed by atoms with E-state index in [1.54, 1.807) is 24.7 Å². The number of ether oxygens (including phenoxy) is 2. The summed E-state index contributed by atoms with van der Waals surface area (Å²) in [7, 11) is -3.66. The van der Waals surface area contributed by atoms with Gasteiger partial charge in [0.2, 0.25) is 21.8 Å². The number of nitrogens with zero attached hydrogens (tertiary/aromatic N) is 3. The van der Waals surface area contributed by atoms with E-state index in [9.17, 15) is 23.1 Å². The van der Waals surface area contributed by atoms with E-state index in [0.717, 1.165) is 44.5 Å². The van der Waals surface area contributed by atoms with E-state index in [4.69, 9.17) is 9.47 Å². The van der Waals surface area contributed by atoms with Crippen molar-refractivity contribution in [3.63, 3.8) is 0 Å². The molecular weight excluding hydrogens is 638 g/mol. The summed E-state index contributed by atoms with van der Waals surface area (Å²) >= 11 is 0. The number of aromatic nitrogens is 2. The molecule has 3 fully saturated rings. The topological polar surface area (TPSA) is 178 Å². The first-order chi connectivity index (χ1) is 23.3. The lowest BCUT2D eigenvalue weighted by Gasteiger charge is -2.31. The number of imidazole rings is 1. The second-order valence-electron chi connectivity index (χ2n) is 12.9. The molecule has 2 aliphatic heterocycles. The summed E-state index contributed by atoms with van der Waals surface area (Å²) in [6, 6.07) is 4.98. The van der Waals surface area contributed by atoms with Crippen molar-refractivity contribution < 1.29 is 32.6 Å². The van der Waals surface area contributed by atoms with Crippen molar-refractivity contribution in [1.82, 2.24) is 29.8 Å². The number of anilines is 1. The number of aromatic amines is 1. The number of carbonyl (C=O) groups excluding carboxylic acids is 2. The Kier molecular flexibility index (Phi) is 13.6. The van der Waals surface area contributed by atoms with Crippen LogP contribution in [0.4, 0.5) is 5.69 Å². The predicted octanol–water partition coefficient (Wildman–Crippen LogP) is 1.11. The van der Waals surface area contributed by atoms with Gasteiger partial charge in [0, 0.05) is 63.3 Å². The summed E-state index contributed by atoms with van der Waals surface area (Å²) in [5.41, 5.74) is 1.30. The molecule has 266 valence electrons. The molecule has 5 rings (SSSR count). The number of hydrogen-bond acceptors (Lipinski definition) is 10. The molecule has 14 nitrogen and oxygen atoms in total. The van der Waals surface area contributed by atoms with Gasteiger partial charge in [0.25, 0.3) is 0 Å². The maximum Gasteiger partial charge on any atom is 0.243 e. The first-order valence-corrected chi connectivity index (χ1v) is 18.7. The number of morpholine rings is 2. The molecule has 3 atom stereocenters. The molecule has 3 heterocycles. The third kappa shape index (κ3) is 10.7. The molecule has 0 spiro atoms. The fourth-order valence-electron chi connectivity index (χ4n) is 6.65. The number of aliphatic hydroxyl groups is 1. The minimum Gasteiger partial charge on any atom is -0.390 e. The van der Waals surface area contributed by atoms with E-state index in [1.165, 1.54) is 22.9 Å². The fourth-order valence-corrected chi connectivity index (χ4v) is 8.05. The molecular formula is C33H51N7O7S. The highest BCUT2D eigenvalue weighted by atomic mass is 32.2. The Labute approximate surface area is 283 Å². The van der Waals surface area contributed by atoms with Gasteiger partial charge in [-0.2, -0.15) is 4.31 Å². The molecule has 5 N–H and O–H groups in total. The average Bonchev–Trinajstić information content (AvgIpc) is 3.62. The van der Waals surface area contributed by atoms with Crippen molar-refractivity contribution >= 4 is 27.5 Å². The zero-order valence-corrected chi connectivity index (χ0v) is 28.5. The summed E-state index contributed by atoms with van der Waals surface area (Å²) in [5.74, 6) is -0.233. The minimum absolute atomic E-state index is 0.113. The number of benzene rings is 1. The molecule has 0 radical (unpaired) electrons. The van der Waals surface area contributed by atoms with Crippen molar-refractivity contribution in [2.75, 3.05) is 71.0 Å². The van der Waals surface area contributed by atoms with Gasteiger partial charge in [-0.3, -0.25) is 14.5 Å². The van der Waals surface area contributed by atoms with Gasteiger partial charge < -0.3 is 35.5 Å². The Bertz CT molecular complexity index is 1380. The number of carbonyl (C=O) groups is 2. The number of aliphatic hydroxyl groups excluding tert-OH is 1. The number of amides is 2. The maximum absolute atomic E-state index is 13.9. The van der Waals surface area contributed by atoms with E-state index in [2.05, 4.69) is 30.8 Å². The van der Waals surface area contributed by atoms with Gasteiger partial charge in [-0.15, -0.1) is 0 Å². The zero-order chi connectivity index (χ0) is 33.8. The van der Waals surface area contributed by atoms with Gasteiger partial charge in [-0.05, 0) is 36.6 Å². The normalized spacial score (nSPS) is 20.4. The second-order valence-corrected chi connectivity index (χ2v) is 14.9. The Morgan fingerprint density at radius 3 is 2.35 bits per heavy atom. The lowest BCUT2D eigenvalue weighted by atomic mass is 9.83. The fraction of sp³-hybridized carbons (Fsp3) is 0.667. The molecule has 3 aliphatic rings. The van der Waals surface area contributed by atoms with Gasteiger partial charge in [-0.1, -0.05) is 32.1 Å². The van der Waals surface area contributed by atoms with E-state index < -0.39 is 28.2 Å². The van der Waals surface area contributed by atoms with E-state index in [1.807, 2.05) is 0 Å². The standard InChI is InChI=1S/C33H51N7O7S/c41-31(22-32(42)35-10-11-39-12-16-46-17-13-39)29(20-25-4-2-1-3-5-25)38-33(43)30(21-27-23-34-24-36-27)37-26-6-8-28(9-7-26)48(44,45)40-14-18-47-19-15-40/h6-9,23-25,29-31,37,41H,1-5,10-22H2,(H,34,36)(H,35,42)(H,38,43)/t29-,30-,31-/m0/s1. The summed E-state index contributed by atoms with van der Waals surface area (Å²) in [6.45, 7) is 5.57. The minimum atomic E-state index is -3.66. The number of H-pyrrole nitrogens is 1. The molecule has 15 heteroatoms. The summed E-state index contributed by atoms with van der Waals surface area (Å²) in [5, 5.41) is 20.6. The van der Waals surface area contributed by atoms with Crippen molar-refractivity contribution in [2.24, 2.45) is 5.92 Å². The van der Waals surface area contributed by atoms with Crippen molar-refractivity contribution in [2.45, 2.75) is 74.4 Å². The highest BCUT2D eigenvalue weighted by Crippen LogP contribution is 2.29. The first-order valence-electron chi connectivity index (χ1n) is 17.2. The van der Waals surface area contributed by atoms with Crippen LogP contribution in [0.5, 0.6) is 0 Å². The third-order valence-corrected chi connectivity index (χ3v) is 11.4. The Morgan fingerprint density at radius 2 is 1.69 bits per heavy atom. The van der Waals surface area contributed by atoms with Crippen molar-refractivity contribution in [1.29, 1.82) is 0 Å². The molecule has 0 bridgehead atoms. The van der Waals surface area contributed by atoms with Gasteiger partial charge in [0.05, 0.1) is 56.2 Å². The monoisotopic (exact) mass is 689 g/mol. The van der Waals surface area contributed by atoms with Gasteiger partial charge in [0.1, 0.15) is 6.04 Å². The van der Waals surface area contributed by atoms with Crippen LogP contribution in [0.1, 0.15) is 50.6 Å². The Balaban J connectivity index is 1.24. The number of hydrogen-bond donors (Lipinski definition) is 5. The molecule has 1 saturated carbocycles. The maximum atomic E-state index is 13.9. The van der Waals surface area contributed by atoms with Gasteiger partial charge in [0.15, 0.2) is 0 Å². The number of nitrogens with one attached hydrogen (secondary N) is 4. The Hall–Kier alpha value is -3.08. The van der Waals surface area contributed by atoms with E-state index in [-0.39, 0.29) is 29.6 Å². The average molecular weight is 690 g/mol. The summed E-state index contributed by atoms with van der Waals surface area (Å²) in [4.78, 5) is 36.3. The van der Waals surface area contributed by atoms with E-state index in [0.29, 0.717) is 70.6 Å². The molecule has 0 unspecified atom stereocenters. The van der Waals surface area contributed by atoms with Crippen LogP contribution in [0, 0.1) is 5.92 Å².